The molecule has 1 rings (SSSR count). The lowest BCUT2D eigenvalue weighted by molar-refractivity contribution is -0.168. The molecule has 0 radical (unpaired) electrons. The van der Waals surface area contributed by atoms with Crippen molar-refractivity contribution in [1.29, 1.82) is 0 Å². The highest BCUT2D eigenvalue weighted by atomic mass is 16.5. The molecule has 4 heteroatoms. The molecule has 2 N–H and O–H groups in total. The zero-order chi connectivity index (χ0) is 11.1. The lowest BCUT2D eigenvalue weighted by atomic mass is 9.94. The molecule has 0 atom stereocenters. The van der Waals surface area contributed by atoms with Gasteiger partial charge in [0.1, 0.15) is 0 Å². The summed E-state index contributed by atoms with van der Waals surface area (Å²) in [7, 11) is 0. The molecule has 0 aliphatic heterocycles. The van der Waals surface area contributed by atoms with Gasteiger partial charge in [-0.05, 0) is 32.1 Å². The van der Waals surface area contributed by atoms with Crippen molar-refractivity contribution in [2.24, 2.45) is 0 Å². The lowest BCUT2D eigenvalue weighted by Gasteiger charge is -2.28. The molecule has 1 aliphatic rings. The van der Waals surface area contributed by atoms with Gasteiger partial charge in [-0.25, -0.2) is 4.79 Å². The smallest absolute Gasteiger partial charge is 0.335 e. The number of carboxylic acid groups (broad SMARTS) is 1. The van der Waals surface area contributed by atoms with Crippen molar-refractivity contribution >= 4 is 5.97 Å². The Balaban J connectivity index is 2.55. The Kier molecular flexibility index (Phi) is 5.05. The van der Waals surface area contributed by atoms with Crippen LogP contribution < -0.4 is 0 Å². The highest BCUT2D eigenvalue weighted by Gasteiger charge is 2.39. The highest BCUT2D eigenvalue weighted by molar-refractivity contribution is 5.77. The van der Waals surface area contributed by atoms with Crippen LogP contribution in [0.2, 0.25) is 0 Å². The van der Waals surface area contributed by atoms with E-state index in [1.54, 1.807) is 0 Å². The molecule has 0 saturated heterocycles. The van der Waals surface area contributed by atoms with Crippen molar-refractivity contribution in [3.05, 3.63) is 0 Å². The van der Waals surface area contributed by atoms with E-state index in [4.69, 9.17) is 9.84 Å². The van der Waals surface area contributed by atoms with Gasteiger partial charge in [0.05, 0.1) is 6.61 Å². The first-order chi connectivity index (χ1) is 7.21. The molecule has 88 valence electrons. The van der Waals surface area contributed by atoms with Crippen LogP contribution in [0, 0.1) is 0 Å². The minimum absolute atomic E-state index is 0.0513. The van der Waals surface area contributed by atoms with Crippen LogP contribution >= 0.6 is 0 Å². The summed E-state index contributed by atoms with van der Waals surface area (Å²) in [6, 6.07) is 0. The predicted molar refractivity (Wildman–Crippen MR) is 55.7 cm³/mol. The molecule has 1 aliphatic carbocycles. The molecule has 1 saturated carbocycles. The molecule has 4 nitrogen and oxygen atoms in total. The maximum atomic E-state index is 11.2. The number of aliphatic carboxylic acids is 1. The van der Waals surface area contributed by atoms with Crippen LogP contribution in [0.15, 0.2) is 0 Å². The molecule has 0 bridgehead atoms. The van der Waals surface area contributed by atoms with Crippen LogP contribution in [0.4, 0.5) is 0 Å². The molecule has 0 amide bonds. The van der Waals surface area contributed by atoms with Crippen molar-refractivity contribution in [3.63, 3.8) is 0 Å². The summed E-state index contributed by atoms with van der Waals surface area (Å²) in [5.41, 5.74) is -0.980. The Labute approximate surface area is 90.2 Å². The average Bonchev–Trinajstić information content (AvgIpc) is 2.45. The standard InChI is InChI=1S/C11H20O4/c12-8-5-9-15-11(10(13)14)6-3-1-2-4-7-11/h12H,1-9H2,(H,13,14). The Morgan fingerprint density at radius 2 is 1.80 bits per heavy atom. The van der Waals surface area contributed by atoms with E-state index in [1.165, 1.54) is 0 Å². The molecule has 0 aromatic rings. The van der Waals surface area contributed by atoms with Gasteiger partial charge in [0.15, 0.2) is 5.60 Å². The van der Waals surface area contributed by atoms with Gasteiger partial charge in [-0.1, -0.05) is 12.8 Å². The van der Waals surface area contributed by atoms with Gasteiger partial charge in [0.2, 0.25) is 0 Å². The molecular weight excluding hydrogens is 196 g/mol. The number of hydrogen-bond donors (Lipinski definition) is 2. The van der Waals surface area contributed by atoms with Crippen molar-refractivity contribution in [1.82, 2.24) is 0 Å². The molecular formula is C11H20O4. The fourth-order valence-electron chi connectivity index (χ4n) is 2.05. The summed E-state index contributed by atoms with van der Waals surface area (Å²) >= 11 is 0. The summed E-state index contributed by atoms with van der Waals surface area (Å²) < 4.78 is 5.49. The molecule has 15 heavy (non-hydrogen) atoms. The summed E-state index contributed by atoms with van der Waals surface area (Å²) in [6.45, 7) is 0.387. The monoisotopic (exact) mass is 216 g/mol. The van der Waals surface area contributed by atoms with E-state index in [9.17, 15) is 9.90 Å². The summed E-state index contributed by atoms with van der Waals surface area (Å²) in [4.78, 5) is 11.2. The maximum Gasteiger partial charge on any atom is 0.335 e. The summed E-state index contributed by atoms with van der Waals surface area (Å²) in [5.74, 6) is -0.845. The maximum absolute atomic E-state index is 11.2. The van der Waals surface area contributed by atoms with Gasteiger partial charge in [-0.15, -0.1) is 0 Å². The lowest BCUT2D eigenvalue weighted by Crippen LogP contribution is -2.41. The minimum atomic E-state index is -0.980. The van der Waals surface area contributed by atoms with Gasteiger partial charge in [0, 0.05) is 6.61 Å². The van der Waals surface area contributed by atoms with Crippen molar-refractivity contribution in [3.8, 4) is 0 Å². The second-order valence-corrected chi connectivity index (χ2v) is 4.14. The first-order valence-electron chi connectivity index (χ1n) is 5.69. The van der Waals surface area contributed by atoms with E-state index in [1.807, 2.05) is 0 Å². The second-order valence-electron chi connectivity index (χ2n) is 4.14. The molecule has 1 fully saturated rings. The molecule has 0 aromatic carbocycles. The summed E-state index contributed by atoms with van der Waals surface area (Å²) in [6.07, 6.45) is 5.75. The van der Waals surface area contributed by atoms with Crippen LogP contribution in [0.5, 0.6) is 0 Å². The van der Waals surface area contributed by atoms with E-state index < -0.39 is 11.6 Å². The molecule has 0 spiro atoms. The van der Waals surface area contributed by atoms with E-state index in [-0.39, 0.29) is 6.61 Å². The molecule has 0 heterocycles. The van der Waals surface area contributed by atoms with E-state index in [0.717, 1.165) is 25.7 Å². The van der Waals surface area contributed by atoms with Crippen LogP contribution in [0.1, 0.15) is 44.9 Å². The third-order valence-corrected chi connectivity index (χ3v) is 2.98. The first-order valence-corrected chi connectivity index (χ1v) is 5.69. The first kappa shape index (κ1) is 12.5. The van der Waals surface area contributed by atoms with Gasteiger partial charge < -0.3 is 14.9 Å². The highest BCUT2D eigenvalue weighted by Crippen LogP contribution is 2.30. The average molecular weight is 216 g/mol. The largest absolute Gasteiger partial charge is 0.479 e. The van der Waals surface area contributed by atoms with Crippen LogP contribution in [-0.4, -0.2) is 35.0 Å². The third kappa shape index (κ3) is 3.47. The fraction of sp³-hybridized carbons (Fsp3) is 0.909. The Morgan fingerprint density at radius 3 is 2.27 bits per heavy atom. The number of aliphatic hydroxyl groups excluding tert-OH is 1. The number of hydrogen-bond acceptors (Lipinski definition) is 3. The van der Waals surface area contributed by atoms with Gasteiger partial charge >= 0.3 is 5.97 Å². The van der Waals surface area contributed by atoms with Gasteiger partial charge in [-0.2, -0.15) is 0 Å². The number of carboxylic acids is 1. The number of rotatable bonds is 5. The van der Waals surface area contributed by atoms with Crippen LogP contribution in [0.25, 0.3) is 0 Å². The quantitative estimate of drug-likeness (QED) is 0.540. The minimum Gasteiger partial charge on any atom is -0.479 e. The molecule has 0 aromatic heterocycles. The SMILES string of the molecule is O=C(O)C1(OCCCO)CCCCCC1. The van der Waals surface area contributed by atoms with Crippen molar-refractivity contribution < 1.29 is 19.7 Å². The van der Waals surface area contributed by atoms with Crippen LogP contribution in [-0.2, 0) is 9.53 Å². The van der Waals surface area contributed by atoms with Gasteiger partial charge in [-0.3, -0.25) is 0 Å². The van der Waals surface area contributed by atoms with E-state index >= 15 is 0 Å². The Hall–Kier alpha value is -0.610. The number of carbonyl (C=O) groups is 1. The Bertz CT molecular complexity index is 195. The normalized spacial score (nSPS) is 20.9. The fourth-order valence-corrected chi connectivity index (χ4v) is 2.05. The number of aliphatic hydroxyl groups is 1. The zero-order valence-electron chi connectivity index (χ0n) is 9.07. The predicted octanol–water partition coefficient (Wildman–Crippen LogP) is 1.56. The van der Waals surface area contributed by atoms with Crippen LogP contribution in [0.3, 0.4) is 0 Å². The van der Waals surface area contributed by atoms with Crippen molar-refractivity contribution in [2.45, 2.75) is 50.5 Å². The third-order valence-electron chi connectivity index (χ3n) is 2.98. The molecule has 0 unspecified atom stereocenters. The van der Waals surface area contributed by atoms with E-state index in [2.05, 4.69) is 0 Å². The van der Waals surface area contributed by atoms with E-state index in [0.29, 0.717) is 25.9 Å². The topological polar surface area (TPSA) is 66.8 Å². The zero-order valence-corrected chi connectivity index (χ0v) is 9.07. The van der Waals surface area contributed by atoms with Crippen molar-refractivity contribution in [2.75, 3.05) is 13.2 Å². The van der Waals surface area contributed by atoms with Gasteiger partial charge in [0.25, 0.3) is 0 Å². The number of ether oxygens (including phenoxy) is 1. The second kappa shape index (κ2) is 6.08. The Morgan fingerprint density at radius 1 is 1.20 bits per heavy atom. The summed E-state index contributed by atoms with van der Waals surface area (Å²) in [5, 5.41) is 17.9.